The van der Waals surface area contributed by atoms with Gasteiger partial charge in [0, 0.05) is 7.11 Å². The Morgan fingerprint density at radius 2 is 1.40 bits per heavy atom. The van der Waals surface area contributed by atoms with Crippen molar-refractivity contribution < 1.29 is 31.5 Å². The van der Waals surface area contributed by atoms with Crippen LogP contribution in [0, 0.1) is 0 Å². The Morgan fingerprint density at radius 3 is 1.87 bits per heavy atom. The molecule has 162 valence electrons. The predicted molar refractivity (Wildman–Crippen MR) is 111 cm³/mol. The second-order valence-electron chi connectivity index (χ2n) is 6.93. The van der Waals surface area contributed by atoms with Crippen molar-refractivity contribution in [3.05, 3.63) is 84.1 Å². The SMILES string of the molecule is C=C1O[C@H](OC)[C@H](OCc2ccccc2)[C@@H](OCc2ccccc2)[C@@H]1OS(C)(=O)=O. The Balaban J connectivity index is 1.84. The molecule has 0 amide bonds. The minimum Gasteiger partial charge on any atom is -0.464 e. The van der Waals surface area contributed by atoms with Crippen molar-refractivity contribution >= 4 is 10.1 Å². The van der Waals surface area contributed by atoms with Crippen LogP contribution in [0.1, 0.15) is 11.1 Å². The first-order valence-corrected chi connectivity index (χ1v) is 11.3. The van der Waals surface area contributed by atoms with E-state index in [9.17, 15) is 8.42 Å². The average Bonchev–Trinajstić information content (AvgIpc) is 2.73. The maximum atomic E-state index is 11.9. The van der Waals surface area contributed by atoms with Crippen LogP contribution in [-0.4, -0.2) is 46.4 Å². The van der Waals surface area contributed by atoms with Gasteiger partial charge in [0.05, 0.1) is 19.5 Å². The summed E-state index contributed by atoms with van der Waals surface area (Å²) < 4.78 is 52.2. The van der Waals surface area contributed by atoms with Crippen molar-refractivity contribution in [3.8, 4) is 0 Å². The first kappa shape index (κ1) is 22.5. The summed E-state index contributed by atoms with van der Waals surface area (Å²) in [6.07, 6.45) is -2.51. The molecule has 30 heavy (non-hydrogen) atoms. The molecule has 2 aromatic carbocycles. The van der Waals surface area contributed by atoms with E-state index >= 15 is 0 Å². The molecule has 4 atom stereocenters. The van der Waals surface area contributed by atoms with Crippen LogP contribution >= 0.6 is 0 Å². The smallest absolute Gasteiger partial charge is 0.265 e. The van der Waals surface area contributed by atoms with E-state index in [2.05, 4.69) is 6.58 Å². The third-order valence-electron chi connectivity index (χ3n) is 4.56. The summed E-state index contributed by atoms with van der Waals surface area (Å²) in [5.41, 5.74) is 1.86. The Morgan fingerprint density at radius 1 is 0.900 bits per heavy atom. The molecule has 0 spiro atoms. The molecule has 1 fully saturated rings. The van der Waals surface area contributed by atoms with Gasteiger partial charge < -0.3 is 18.9 Å². The summed E-state index contributed by atoms with van der Waals surface area (Å²) in [6.45, 7) is 4.30. The third-order valence-corrected chi connectivity index (χ3v) is 5.11. The number of rotatable bonds is 9. The van der Waals surface area contributed by atoms with Gasteiger partial charge in [0.15, 0.2) is 6.10 Å². The maximum Gasteiger partial charge on any atom is 0.265 e. The third kappa shape index (κ3) is 6.13. The largest absolute Gasteiger partial charge is 0.464 e. The first-order chi connectivity index (χ1) is 14.4. The van der Waals surface area contributed by atoms with Gasteiger partial charge >= 0.3 is 0 Å². The topological polar surface area (TPSA) is 80.3 Å². The van der Waals surface area contributed by atoms with Crippen LogP contribution in [0.25, 0.3) is 0 Å². The van der Waals surface area contributed by atoms with Crippen LogP contribution in [0.15, 0.2) is 73.0 Å². The highest BCUT2D eigenvalue weighted by molar-refractivity contribution is 7.86. The second-order valence-corrected chi connectivity index (χ2v) is 8.53. The molecular formula is C22H26O7S. The Bertz CT molecular complexity index is 915. The zero-order valence-corrected chi connectivity index (χ0v) is 17.8. The Labute approximate surface area is 177 Å². The van der Waals surface area contributed by atoms with Gasteiger partial charge in [-0.3, -0.25) is 4.18 Å². The second kappa shape index (κ2) is 10.2. The summed E-state index contributed by atoms with van der Waals surface area (Å²) in [6, 6.07) is 19.1. The molecule has 0 bridgehead atoms. The molecule has 3 rings (SSSR count). The van der Waals surface area contributed by atoms with Gasteiger partial charge in [-0.15, -0.1) is 0 Å². The molecule has 0 unspecified atom stereocenters. The van der Waals surface area contributed by atoms with E-state index in [1.807, 2.05) is 60.7 Å². The fraction of sp³-hybridized carbons (Fsp3) is 0.364. The molecular weight excluding hydrogens is 408 g/mol. The van der Waals surface area contributed by atoms with Gasteiger partial charge in [0.25, 0.3) is 10.1 Å². The van der Waals surface area contributed by atoms with E-state index in [4.69, 9.17) is 23.1 Å². The van der Waals surface area contributed by atoms with E-state index in [1.54, 1.807) is 0 Å². The van der Waals surface area contributed by atoms with Gasteiger partial charge in [-0.25, -0.2) is 0 Å². The predicted octanol–water partition coefficient (Wildman–Crippen LogP) is 3.02. The van der Waals surface area contributed by atoms with Crippen LogP contribution in [-0.2, 0) is 46.5 Å². The molecule has 1 saturated heterocycles. The molecule has 2 aromatic rings. The standard InChI is InChI=1S/C22H26O7S/c1-16-19(29-30(3,23)24)20(26-14-17-10-6-4-7-11-17)21(22(25-2)28-16)27-15-18-12-8-5-9-13-18/h4-13,19-22H,1,14-15H2,2-3H3/t19-,20+,21-,22+/m1/s1. The zero-order chi connectivity index (χ0) is 21.6. The van der Waals surface area contributed by atoms with Crippen LogP contribution in [0.5, 0.6) is 0 Å². The van der Waals surface area contributed by atoms with Crippen molar-refractivity contribution in [3.63, 3.8) is 0 Å². The van der Waals surface area contributed by atoms with Gasteiger partial charge in [0.2, 0.25) is 6.29 Å². The number of hydrogen-bond acceptors (Lipinski definition) is 7. The Hall–Kier alpha value is -2.23. The van der Waals surface area contributed by atoms with E-state index in [0.717, 1.165) is 17.4 Å². The van der Waals surface area contributed by atoms with E-state index in [0.29, 0.717) is 0 Å². The molecule has 0 radical (unpaired) electrons. The van der Waals surface area contributed by atoms with Crippen LogP contribution in [0.3, 0.4) is 0 Å². The minimum atomic E-state index is -3.80. The van der Waals surface area contributed by atoms with Gasteiger partial charge in [-0.05, 0) is 11.1 Å². The van der Waals surface area contributed by atoms with Gasteiger partial charge in [-0.2, -0.15) is 8.42 Å². The van der Waals surface area contributed by atoms with Crippen molar-refractivity contribution in [2.45, 2.75) is 37.8 Å². The first-order valence-electron chi connectivity index (χ1n) is 9.45. The van der Waals surface area contributed by atoms with E-state index in [-0.39, 0.29) is 19.0 Å². The summed E-state index contributed by atoms with van der Waals surface area (Å²) in [5, 5.41) is 0. The lowest BCUT2D eigenvalue weighted by molar-refractivity contribution is -0.259. The zero-order valence-electron chi connectivity index (χ0n) is 17.0. The fourth-order valence-electron chi connectivity index (χ4n) is 3.16. The molecule has 8 heteroatoms. The van der Waals surface area contributed by atoms with Gasteiger partial charge in [0.1, 0.15) is 18.0 Å². The number of methoxy groups -OCH3 is 1. The van der Waals surface area contributed by atoms with Crippen molar-refractivity contribution in [2.75, 3.05) is 13.4 Å². The molecule has 0 saturated carbocycles. The monoisotopic (exact) mass is 434 g/mol. The molecule has 0 N–H and O–H groups in total. The fourth-order valence-corrected chi connectivity index (χ4v) is 3.76. The summed E-state index contributed by atoms with van der Waals surface area (Å²) in [4.78, 5) is 0. The highest BCUT2D eigenvalue weighted by Gasteiger charge is 2.47. The van der Waals surface area contributed by atoms with Crippen LogP contribution in [0.4, 0.5) is 0 Å². The average molecular weight is 435 g/mol. The van der Waals surface area contributed by atoms with Crippen LogP contribution in [0.2, 0.25) is 0 Å². The molecule has 0 aliphatic carbocycles. The van der Waals surface area contributed by atoms with E-state index in [1.165, 1.54) is 7.11 Å². The highest BCUT2D eigenvalue weighted by Crippen LogP contribution is 2.32. The molecule has 1 heterocycles. The van der Waals surface area contributed by atoms with Gasteiger partial charge in [-0.1, -0.05) is 67.2 Å². The normalized spacial score (nSPS) is 24.4. The molecule has 0 aromatic heterocycles. The van der Waals surface area contributed by atoms with Crippen molar-refractivity contribution in [1.82, 2.24) is 0 Å². The van der Waals surface area contributed by atoms with E-state index < -0.39 is 34.7 Å². The van der Waals surface area contributed by atoms with Crippen molar-refractivity contribution in [2.24, 2.45) is 0 Å². The molecule has 1 aliphatic rings. The maximum absolute atomic E-state index is 11.9. The lowest BCUT2D eigenvalue weighted by atomic mass is 10.0. The van der Waals surface area contributed by atoms with Crippen LogP contribution < -0.4 is 0 Å². The minimum absolute atomic E-state index is 0.102. The molecule has 1 aliphatic heterocycles. The highest BCUT2D eigenvalue weighted by atomic mass is 32.2. The summed E-state index contributed by atoms with van der Waals surface area (Å²) in [7, 11) is -2.33. The summed E-state index contributed by atoms with van der Waals surface area (Å²) in [5.74, 6) is 0.102. The lowest BCUT2D eigenvalue weighted by Gasteiger charge is -2.41. The molecule has 7 nitrogen and oxygen atoms in total. The number of benzene rings is 2. The lowest BCUT2D eigenvalue weighted by Crippen LogP contribution is -2.55. The Kier molecular flexibility index (Phi) is 7.63. The van der Waals surface area contributed by atoms with Crippen molar-refractivity contribution in [1.29, 1.82) is 0 Å². The number of hydrogen-bond donors (Lipinski definition) is 0. The quantitative estimate of drug-likeness (QED) is 0.561. The number of ether oxygens (including phenoxy) is 4. The summed E-state index contributed by atoms with van der Waals surface area (Å²) >= 11 is 0.